The van der Waals surface area contributed by atoms with Crippen molar-refractivity contribution in [1.82, 2.24) is 5.32 Å². The predicted octanol–water partition coefficient (Wildman–Crippen LogP) is 4.25. The highest BCUT2D eigenvalue weighted by atomic mass is 32.1. The largest absolute Gasteiger partial charge is 0.350 e. The monoisotopic (exact) mass is 357 g/mol. The van der Waals surface area contributed by atoms with Crippen LogP contribution in [0.15, 0.2) is 42.5 Å². The van der Waals surface area contributed by atoms with Crippen LogP contribution < -0.4 is 5.32 Å². The van der Waals surface area contributed by atoms with Gasteiger partial charge in [0, 0.05) is 30.6 Å². The summed E-state index contributed by atoms with van der Waals surface area (Å²) in [6.45, 7) is 3.86. The van der Waals surface area contributed by atoms with Crippen molar-refractivity contribution in [2.75, 3.05) is 0 Å². The number of aryl methyl sites for hydroxylation is 1. The molecule has 0 aliphatic rings. The molecular weight excluding hydrogens is 334 g/mol. The van der Waals surface area contributed by atoms with E-state index in [1.807, 2.05) is 50.2 Å². The molecule has 0 fully saturated rings. The lowest BCUT2D eigenvalue weighted by Gasteiger charge is -2.14. The summed E-state index contributed by atoms with van der Waals surface area (Å²) in [6.07, 6.45) is 0.727. The number of amides is 1. The Balaban J connectivity index is 1.69. The molecule has 5 heteroatoms. The number of Topliss-reactive ketones (excluding diaryl/α,β-unsaturated/α-hetero) is 2. The molecule has 1 heterocycles. The number of carbonyl (C=O) groups is 3. The second-order valence-corrected chi connectivity index (χ2v) is 7.36. The van der Waals surface area contributed by atoms with Gasteiger partial charge in [0.1, 0.15) is 5.78 Å². The van der Waals surface area contributed by atoms with Gasteiger partial charge in [0.15, 0.2) is 5.78 Å². The molecule has 1 N–H and O–H groups in total. The highest BCUT2D eigenvalue weighted by molar-refractivity contribution is 7.14. The van der Waals surface area contributed by atoms with Crippen molar-refractivity contribution in [3.05, 3.63) is 57.8 Å². The van der Waals surface area contributed by atoms with Crippen LogP contribution in [0.5, 0.6) is 0 Å². The first-order valence-corrected chi connectivity index (χ1v) is 9.23. The Hall–Kier alpha value is -2.27. The van der Waals surface area contributed by atoms with Crippen LogP contribution in [-0.2, 0) is 9.59 Å². The maximum Gasteiger partial charge on any atom is 0.220 e. The first kappa shape index (κ1) is 19.1. The van der Waals surface area contributed by atoms with Crippen LogP contribution >= 0.6 is 11.3 Å². The van der Waals surface area contributed by atoms with Crippen molar-refractivity contribution in [2.24, 2.45) is 0 Å². The molecule has 1 atom stereocenters. The van der Waals surface area contributed by atoms with Crippen molar-refractivity contribution < 1.29 is 14.4 Å². The molecule has 0 saturated heterocycles. The van der Waals surface area contributed by atoms with Crippen LogP contribution in [-0.4, -0.2) is 17.5 Å². The summed E-state index contributed by atoms with van der Waals surface area (Å²) in [7, 11) is 0. The van der Waals surface area contributed by atoms with E-state index < -0.39 is 0 Å². The van der Waals surface area contributed by atoms with Gasteiger partial charge in [-0.25, -0.2) is 0 Å². The zero-order valence-electron chi connectivity index (χ0n) is 14.6. The van der Waals surface area contributed by atoms with Crippen molar-refractivity contribution in [2.45, 2.75) is 45.6 Å². The second-order valence-electron chi connectivity index (χ2n) is 6.07. The van der Waals surface area contributed by atoms with Gasteiger partial charge in [-0.3, -0.25) is 14.4 Å². The van der Waals surface area contributed by atoms with Gasteiger partial charge in [-0.2, -0.15) is 0 Å². The smallest absolute Gasteiger partial charge is 0.220 e. The molecule has 2 rings (SSSR count). The van der Waals surface area contributed by atoms with Gasteiger partial charge in [0.2, 0.25) is 5.91 Å². The summed E-state index contributed by atoms with van der Waals surface area (Å²) < 4.78 is 0. The fourth-order valence-corrected chi connectivity index (χ4v) is 3.31. The molecule has 0 spiro atoms. The number of hydrogen-bond acceptors (Lipinski definition) is 4. The molecule has 25 heavy (non-hydrogen) atoms. The summed E-state index contributed by atoms with van der Waals surface area (Å²) in [5.74, 6) is -0.206. The fraction of sp³-hybridized carbons (Fsp3) is 0.350. The molecule has 1 unspecified atom stereocenters. The lowest BCUT2D eigenvalue weighted by atomic mass is 10.1. The molecule has 0 bridgehead atoms. The fourth-order valence-electron chi connectivity index (χ4n) is 2.48. The van der Waals surface area contributed by atoms with E-state index in [0.29, 0.717) is 4.88 Å². The summed E-state index contributed by atoms with van der Waals surface area (Å²) in [5.41, 5.74) is 1.03. The van der Waals surface area contributed by atoms with Crippen LogP contribution in [0.2, 0.25) is 0 Å². The standard InChI is InChI=1S/C20H23NO3S/c1-14-8-12-19(25-14)18(23)11-9-17(22)10-13-20(24)21-15(2)16-6-4-3-5-7-16/h3-8,12,15H,9-11,13H2,1-2H3,(H,21,24). The van der Waals surface area contributed by atoms with Gasteiger partial charge in [-0.05, 0) is 31.5 Å². The van der Waals surface area contributed by atoms with E-state index >= 15 is 0 Å². The summed E-state index contributed by atoms with van der Waals surface area (Å²) in [6, 6.07) is 13.3. The normalized spacial score (nSPS) is 11.8. The molecule has 0 saturated carbocycles. The van der Waals surface area contributed by atoms with Crippen molar-refractivity contribution >= 4 is 28.8 Å². The third kappa shape index (κ3) is 6.27. The third-order valence-corrected chi connectivity index (χ3v) is 5.00. The lowest BCUT2D eigenvalue weighted by Crippen LogP contribution is -2.26. The predicted molar refractivity (Wildman–Crippen MR) is 99.9 cm³/mol. The average Bonchev–Trinajstić information content (AvgIpc) is 3.05. The molecular formula is C20H23NO3S. The van der Waals surface area contributed by atoms with E-state index in [1.54, 1.807) is 6.07 Å². The zero-order chi connectivity index (χ0) is 18.2. The quantitative estimate of drug-likeness (QED) is 0.683. The number of thiophene rings is 1. The van der Waals surface area contributed by atoms with E-state index in [0.717, 1.165) is 10.4 Å². The van der Waals surface area contributed by atoms with Crippen LogP contribution in [0.4, 0.5) is 0 Å². The zero-order valence-corrected chi connectivity index (χ0v) is 15.4. The van der Waals surface area contributed by atoms with E-state index in [4.69, 9.17) is 0 Å². The number of hydrogen-bond donors (Lipinski definition) is 1. The summed E-state index contributed by atoms with van der Waals surface area (Å²) in [5, 5.41) is 2.89. The minimum atomic E-state index is -0.148. The first-order chi connectivity index (χ1) is 12.0. The van der Waals surface area contributed by atoms with Crippen LogP contribution in [0.25, 0.3) is 0 Å². The SMILES string of the molecule is Cc1ccc(C(=O)CCC(=O)CCC(=O)NC(C)c2ccccc2)s1. The number of carbonyl (C=O) groups excluding carboxylic acids is 3. The van der Waals surface area contributed by atoms with Crippen molar-refractivity contribution in [3.8, 4) is 0 Å². The van der Waals surface area contributed by atoms with Gasteiger partial charge >= 0.3 is 0 Å². The van der Waals surface area contributed by atoms with E-state index in [2.05, 4.69) is 5.32 Å². The molecule has 0 aliphatic heterocycles. The summed E-state index contributed by atoms with van der Waals surface area (Å²) >= 11 is 1.45. The molecule has 4 nitrogen and oxygen atoms in total. The number of ketones is 2. The second kappa shape index (κ2) is 9.28. The molecule has 0 aliphatic carbocycles. The summed E-state index contributed by atoms with van der Waals surface area (Å²) in [4.78, 5) is 37.6. The maximum absolute atomic E-state index is 12.0. The Morgan fingerprint density at radius 2 is 1.64 bits per heavy atom. The van der Waals surface area contributed by atoms with Gasteiger partial charge < -0.3 is 5.32 Å². The van der Waals surface area contributed by atoms with Crippen LogP contribution in [0.3, 0.4) is 0 Å². The first-order valence-electron chi connectivity index (χ1n) is 8.41. The van der Waals surface area contributed by atoms with Crippen molar-refractivity contribution in [1.29, 1.82) is 0 Å². The Morgan fingerprint density at radius 3 is 2.28 bits per heavy atom. The van der Waals surface area contributed by atoms with Gasteiger partial charge in [-0.15, -0.1) is 11.3 Å². The van der Waals surface area contributed by atoms with Gasteiger partial charge in [0.05, 0.1) is 10.9 Å². The third-order valence-electron chi connectivity index (χ3n) is 3.95. The lowest BCUT2D eigenvalue weighted by molar-refractivity contribution is -0.125. The highest BCUT2D eigenvalue weighted by Crippen LogP contribution is 2.18. The Morgan fingerprint density at radius 1 is 0.960 bits per heavy atom. The van der Waals surface area contributed by atoms with Crippen LogP contribution in [0.1, 0.15) is 58.8 Å². The van der Waals surface area contributed by atoms with Crippen molar-refractivity contribution in [3.63, 3.8) is 0 Å². The minimum Gasteiger partial charge on any atom is -0.350 e. The molecule has 1 aromatic carbocycles. The number of nitrogens with one attached hydrogen (secondary N) is 1. The number of benzene rings is 1. The van der Waals surface area contributed by atoms with E-state index in [-0.39, 0.29) is 49.2 Å². The van der Waals surface area contributed by atoms with Gasteiger partial charge in [0.25, 0.3) is 0 Å². The number of rotatable bonds is 9. The molecule has 0 radical (unpaired) electrons. The molecule has 1 aromatic heterocycles. The topological polar surface area (TPSA) is 63.2 Å². The van der Waals surface area contributed by atoms with E-state index in [1.165, 1.54) is 11.3 Å². The average molecular weight is 357 g/mol. The molecule has 1 amide bonds. The molecule has 132 valence electrons. The van der Waals surface area contributed by atoms with Crippen LogP contribution in [0, 0.1) is 6.92 Å². The maximum atomic E-state index is 12.0. The minimum absolute atomic E-state index is 0.00592. The highest BCUT2D eigenvalue weighted by Gasteiger charge is 2.14. The van der Waals surface area contributed by atoms with E-state index in [9.17, 15) is 14.4 Å². The Bertz CT molecular complexity index is 736. The van der Waals surface area contributed by atoms with Gasteiger partial charge in [-0.1, -0.05) is 30.3 Å². The molecule has 2 aromatic rings. The Kier molecular flexibility index (Phi) is 7.07. The Labute approximate surface area is 152 Å².